The van der Waals surface area contributed by atoms with Gasteiger partial charge in [0.25, 0.3) is 0 Å². The minimum absolute atomic E-state index is 0.0828. The minimum Gasteiger partial charge on any atom is -0.393 e. The molecule has 1 saturated heterocycles. The smallest absolute Gasteiger partial charge is 0.0540 e. The molecule has 1 fully saturated rings. The maximum absolute atomic E-state index is 9.85. The maximum atomic E-state index is 9.85. The Morgan fingerprint density at radius 2 is 1.91 bits per heavy atom. The fraction of sp³-hybridized carbons (Fsp3) is 0.900. The van der Waals surface area contributed by atoms with Crippen molar-refractivity contribution in [2.24, 2.45) is 5.92 Å². The fourth-order valence-corrected chi connectivity index (χ4v) is 4.37. The molecule has 0 aromatic rings. The van der Waals surface area contributed by atoms with E-state index in [2.05, 4.69) is 46.1 Å². The van der Waals surface area contributed by atoms with Crippen molar-refractivity contribution >= 4 is 0 Å². The second-order valence-electron chi connectivity index (χ2n) is 8.33. The number of rotatable bonds is 9. The van der Waals surface area contributed by atoms with E-state index in [1.807, 2.05) is 6.08 Å². The van der Waals surface area contributed by atoms with Gasteiger partial charge in [-0.25, -0.2) is 0 Å². The Balaban J connectivity index is 2.51. The number of aliphatic hydroxyl groups excluding tert-OH is 1. The van der Waals surface area contributed by atoms with Gasteiger partial charge in [0.15, 0.2) is 0 Å². The number of hydrogen-bond acceptors (Lipinski definition) is 2. The largest absolute Gasteiger partial charge is 0.393 e. The van der Waals surface area contributed by atoms with Crippen LogP contribution in [0.3, 0.4) is 0 Å². The first-order valence-electron chi connectivity index (χ1n) is 9.32. The lowest BCUT2D eigenvalue weighted by Gasteiger charge is -2.56. The third kappa shape index (κ3) is 5.09. The number of hydrogen-bond donors (Lipinski definition) is 1. The molecule has 1 heterocycles. The molecule has 22 heavy (non-hydrogen) atoms. The van der Waals surface area contributed by atoms with Crippen molar-refractivity contribution in [3.63, 3.8) is 0 Å². The van der Waals surface area contributed by atoms with Crippen LogP contribution in [0.2, 0.25) is 0 Å². The van der Waals surface area contributed by atoms with Crippen LogP contribution < -0.4 is 0 Å². The molecule has 2 heteroatoms. The van der Waals surface area contributed by atoms with Gasteiger partial charge >= 0.3 is 0 Å². The van der Waals surface area contributed by atoms with Crippen LogP contribution in [0, 0.1) is 5.92 Å². The van der Waals surface area contributed by atoms with Gasteiger partial charge < -0.3 is 5.11 Å². The summed E-state index contributed by atoms with van der Waals surface area (Å²) in [5.74, 6) is 0.754. The number of piperidine rings is 1. The summed E-state index contributed by atoms with van der Waals surface area (Å²) in [6.07, 6.45) is 11.3. The molecule has 0 aromatic heterocycles. The van der Waals surface area contributed by atoms with Gasteiger partial charge in [-0.1, -0.05) is 32.3 Å². The van der Waals surface area contributed by atoms with Crippen LogP contribution in [0.25, 0.3) is 0 Å². The summed E-state index contributed by atoms with van der Waals surface area (Å²) in [6, 6.07) is 0. The van der Waals surface area contributed by atoms with Crippen LogP contribution in [-0.4, -0.2) is 33.7 Å². The second kappa shape index (κ2) is 8.49. The predicted octanol–water partition coefficient (Wildman–Crippen LogP) is 5.16. The fourth-order valence-electron chi connectivity index (χ4n) is 4.37. The maximum Gasteiger partial charge on any atom is 0.0540 e. The molecule has 1 rings (SSSR count). The molecule has 1 aliphatic rings. The molecule has 0 amide bonds. The van der Waals surface area contributed by atoms with Crippen LogP contribution >= 0.6 is 0 Å². The van der Waals surface area contributed by atoms with Crippen molar-refractivity contribution in [1.82, 2.24) is 4.90 Å². The molecule has 2 nitrogen and oxygen atoms in total. The summed E-state index contributed by atoms with van der Waals surface area (Å²) in [6.45, 7) is 16.6. The van der Waals surface area contributed by atoms with Crippen molar-refractivity contribution in [2.45, 2.75) is 103 Å². The van der Waals surface area contributed by atoms with Crippen LogP contribution in [0.5, 0.6) is 0 Å². The van der Waals surface area contributed by atoms with Crippen molar-refractivity contribution in [3.8, 4) is 0 Å². The highest BCUT2D eigenvalue weighted by atomic mass is 16.3. The average molecular weight is 310 g/mol. The molecule has 1 N–H and O–H groups in total. The minimum atomic E-state index is -0.0828. The topological polar surface area (TPSA) is 23.5 Å². The average Bonchev–Trinajstić information content (AvgIpc) is 2.42. The SMILES string of the molecule is C=CCN1C(C)(C)CCC(CCCCC(O)CCC)C1(C)C. The van der Waals surface area contributed by atoms with Gasteiger partial charge in [0, 0.05) is 17.6 Å². The monoisotopic (exact) mass is 309 g/mol. The summed E-state index contributed by atoms with van der Waals surface area (Å²) < 4.78 is 0. The third-order valence-electron chi connectivity index (χ3n) is 5.80. The lowest BCUT2D eigenvalue weighted by molar-refractivity contribution is -0.0594. The molecule has 0 saturated carbocycles. The van der Waals surface area contributed by atoms with Gasteiger partial charge in [-0.15, -0.1) is 6.58 Å². The van der Waals surface area contributed by atoms with Crippen LogP contribution in [-0.2, 0) is 0 Å². The van der Waals surface area contributed by atoms with Crippen molar-refractivity contribution in [2.75, 3.05) is 6.54 Å². The Morgan fingerprint density at radius 1 is 1.23 bits per heavy atom. The van der Waals surface area contributed by atoms with Gasteiger partial charge in [0.1, 0.15) is 0 Å². The highest BCUT2D eigenvalue weighted by Gasteiger charge is 2.45. The van der Waals surface area contributed by atoms with E-state index in [-0.39, 0.29) is 17.2 Å². The summed E-state index contributed by atoms with van der Waals surface area (Å²) in [5, 5.41) is 9.85. The number of unbranched alkanes of at least 4 members (excludes halogenated alkanes) is 1. The summed E-state index contributed by atoms with van der Waals surface area (Å²) in [7, 11) is 0. The van der Waals surface area contributed by atoms with Crippen LogP contribution in [0.15, 0.2) is 12.7 Å². The Kier molecular flexibility index (Phi) is 7.61. The third-order valence-corrected chi connectivity index (χ3v) is 5.80. The zero-order valence-electron chi connectivity index (χ0n) is 15.7. The molecule has 2 atom stereocenters. The molecule has 0 spiro atoms. The molecular weight excluding hydrogens is 270 g/mol. The molecule has 0 radical (unpaired) electrons. The van der Waals surface area contributed by atoms with E-state index in [0.717, 1.165) is 31.7 Å². The van der Waals surface area contributed by atoms with Gasteiger partial charge in [-0.3, -0.25) is 4.90 Å². The van der Waals surface area contributed by atoms with E-state index in [9.17, 15) is 5.11 Å². The first kappa shape index (κ1) is 19.7. The number of aliphatic hydroxyl groups is 1. The number of likely N-dealkylation sites (tertiary alicyclic amines) is 1. The normalized spacial score (nSPS) is 25.8. The highest BCUT2D eigenvalue weighted by Crippen LogP contribution is 2.43. The van der Waals surface area contributed by atoms with E-state index in [4.69, 9.17) is 0 Å². The van der Waals surface area contributed by atoms with E-state index < -0.39 is 0 Å². The lowest BCUT2D eigenvalue weighted by Crippen LogP contribution is -2.62. The Hall–Kier alpha value is -0.340. The molecule has 130 valence electrons. The van der Waals surface area contributed by atoms with Crippen molar-refractivity contribution in [3.05, 3.63) is 12.7 Å². The first-order chi connectivity index (χ1) is 10.3. The van der Waals surface area contributed by atoms with Gasteiger partial charge in [0.05, 0.1) is 6.10 Å². The Morgan fingerprint density at radius 3 is 2.50 bits per heavy atom. The Bertz CT molecular complexity index is 335. The molecule has 0 aromatic carbocycles. The van der Waals surface area contributed by atoms with Crippen LogP contribution in [0.1, 0.15) is 86.0 Å². The standard InChI is InChI=1S/C20H39NO/c1-7-11-18(22)13-10-9-12-17-14-15-19(3,4)21(16-8-2)20(17,5)6/h8,17-18,22H,2,7,9-16H2,1,3-6H3. The van der Waals surface area contributed by atoms with E-state index in [0.29, 0.717) is 0 Å². The second-order valence-corrected chi connectivity index (χ2v) is 8.33. The molecule has 1 aliphatic heterocycles. The van der Waals surface area contributed by atoms with E-state index >= 15 is 0 Å². The van der Waals surface area contributed by atoms with Crippen molar-refractivity contribution < 1.29 is 5.11 Å². The first-order valence-corrected chi connectivity index (χ1v) is 9.32. The summed E-state index contributed by atoms with van der Waals surface area (Å²) >= 11 is 0. The molecular formula is C20H39NO. The van der Waals surface area contributed by atoms with Gasteiger partial charge in [-0.2, -0.15) is 0 Å². The summed E-state index contributed by atoms with van der Waals surface area (Å²) in [5.41, 5.74) is 0.503. The van der Waals surface area contributed by atoms with E-state index in [1.54, 1.807) is 0 Å². The molecule has 0 bridgehead atoms. The lowest BCUT2D eigenvalue weighted by atomic mass is 9.70. The van der Waals surface area contributed by atoms with E-state index in [1.165, 1.54) is 32.1 Å². The summed E-state index contributed by atoms with van der Waals surface area (Å²) in [4.78, 5) is 2.65. The molecule has 2 unspecified atom stereocenters. The number of nitrogens with zero attached hydrogens (tertiary/aromatic N) is 1. The van der Waals surface area contributed by atoms with Gasteiger partial charge in [0.2, 0.25) is 0 Å². The zero-order chi connectivity index (χ0) is 16.8. The van der Waals surface area contributed by atoms with Crippen molar-refractivity contribution in [1.29, 1.82) is 0 Å². The van der Waals surface area contributed by atoms with Crippen LogP contribution in [0.4, 0.5) is 0 Å². The van der Waals surface area contributed by atoms with Gasteiger partial charge in [-0.05, 0) is 65.7 Å². The molecule has 0 aliphatic carbocycles. The Labute approximate surface area is 139 Å². The highest BCUT2D eigenvalue weighted by molar-refractivity contribution is 5.03. The zero-order valence-corrected chi connectivity index (χ0v) is 15.7. The quantitative estimate of drug-likeness (QED) is 0.469. The predicted molar refractivity (Wildman–Crippen MR) is 97.2 cm³/mol.